The number of thiophene rings is 1. The molecule has 25 heavy (non-hydrogen) atoms. The zero-order valence-electron chi connectivity index (χ0n) is 14.0. The van der Waals surface area contributed by atoms with Crippen molar-refractivity contribution in [3.05, 3.63) is 72.3 Å². The first-order chi connectivity index (χ1) is 12.2. The molecule has 0 N–H and O–H groups in total. The van der Waals surface area contributed by atoms with Crippen molar-refractivity contribution in [1.82, 2.24) is 0 Å². The van der Waals surface area contributed by atoms with E-state index in [0.29, 0.717) is 11.3 Å². The maximum absolute atomic E-state index is 12.2. The minimum absolute atomic E-state index is 0.243. The lowest BCUT2D eigenvalue weighted by Crippen LogP contribution is -2.03. The lowest BCUT2D eigenvalue weighted by Gasteiger charge is -2.06. The van der Waals surface area contributed by atoms with Crippen molar-refractivity contribution in [1.29, 1.82) is 0 Å². The molecule has 0 aliphatic heterocycles. The van der Waals surface area contributed by atoms with Crippen LogP contribution in [-0.2, 0) is 4.74 Å². The third-order valence-corrected chi connectivity index (χ3v) is 6.63. The van der Waals surface area contributed by atoms with Gasteiger partial charge in [-0.3, -0.25) is 0 Å². The van der Waals surface area contributed by atoms with Crippen molar-refractivity contribution in [2.75, 3.05) is 14.2 Å². The molecule has 0 aliphatic rings. The van der Waals surface area contributed by atoms with Crippen molar-refractivity contribution in [2.24, 2.45) is 0 Å². The average Bonchev–Trinajstić information content (AvgIpc) is 3.01. The maximum atomic E-state index is 12.2. The molecule has 0 amide bonds. The Morgan fingerprint density at radius 2 is 1.44 bits per heavy atom. The summed E-state index contributed by atoms with van der Waals surface area (Å²) < 4.78 is 12.8. The first kappa shape index (κ1) is 15.7. The quantitative estimate of drug-likeness (QED) is 0.360. The van der Waals surface area contributed by atoms with Gasteiger partial charge < -0.3 is 9.47 Å². The molecule has 0 unspecified atom stereocenters. The largest absolute Gasteiger partial charge is 0.496 e. The summed E-state index contributed by atoms with van der Waals surface area (Å²) in [7, 11) is 2.70. The van der Waals surface area contributed by atoms with Gasteiger partial charge in [-0.15, -0.1) is 0 Å². The molecular weight excluding hydrogens is 332 g/mol. The van der Waals surface area contributed by atoms with Crippen molar-refractivity contribution < 1.29 is 14.3 Å². The summed E-state index contributed by atoms with van der Waals surface area (Å²) in [5.41, 5.74) is 0.455. The number of hydrogen-bond donors (Lipinski definition) is 0. The molecule has 4 rings (SSSR count). The minimum Gasteiger partial charge on any atom is -0.496 e. The number of methoxy groups -OCH3 is 2. The van der Waals surface area contributed by atoms with Crippen molar-refractivity contribution in [3.8, 4) is 10.6 Å². The molecule has 0 saturated heterocycles. The van der Waals surface area contributed by atoms with E-state index in [1.54, 1.807) is 7.11 Å². The molecule has 0 fully saturated rings. The van der Waals surface area contributed by atoms with E-state index in [-0.39, 0.29) is 16.4 Å². The molecule has 0 atom stereocenters. The number of esters is 1. The van der Waals surface area contributed by atoms with Crippen LogP contribution < -0.4 is 4.74 Å². The second-order valence-corrected chi connectivity index (χ2v) is 7.62. The third-order valence-electron chi connectivity index (χ3n) is 4.32. The van der Waals surface area contributed by atoms with Crippen LogP contribution in [0.5, 0.6) is 5.75 Å². The van der Waals surface area contributed by atoms with Crippen LogP contribution in [0.15, 0.2) is 66.7 Å². The zero-order valence-corrected chi connectivity index (χ0v) is 14.8. The van der Waals surface area contributed by atoms with E-state index in [0.717, 1.165) is 4.90 Å². The molecule has 1 heterocycles. The van der Waals surface area contributed by atoms with Gasteiger partial charge in [0.15, 0.2) is 14.3 Å². The van der Waals surface area contributed by atoms with Gasteiger partial charge in [0, 0.05) is 33.4 Å². The van der Waals surface area contributed by atoms with Crippen molar-refractivity contribution in [2.45, 2.75) is 0 Å². The topological polar surface area (TPSA) is 35.5 Å². The monoisotopic (exact) mass is 349 g/mol. The summed E-state index contributed by atoms with van der Waals surface area (Å²) in [6.45, 7) is 0. The molecule has 4 heteroatoms. The van der Waals surface area contributed by atoms with Gasteiger partial charge in [-0.2, -0.15) is 0 Å². The van der Waals surface area contributed by atoms with Gasteiger partial charge in [-0.25, -0.2) is 4.79 Å². The highest BCUT2D eigenvalue weighted by Crippen LogP contribution is 2.48. The smallest absolute Gasteiger partial charge is 0.341 e. The molecular formula is C21H17O3S+. The molecule has 124 valence electrons. The fraction of sp³-hybridized carbons (Fsp3) is 0.0952. The second-order valence-electron chi connectivity index (χ2n) is 5.65. The van der Waals surface area contributed by atoms with Gasteiger partial charge in [0.05, 0.1) is 14.2 Å². The number of rotatable bonds is 3. The number of hydrogen-bond acceptors (Lipinski definition) is 3. The van der Waals surface area contributed by atoms with E-state index < -0.39 is 0 Å². The molecule has 1 aromatic heterocycles. The molecule has 3 aromatic carbocycles. The summed E-state index contributed by atoms with van der Waals surface area (Å²) in [6.07, 6.45) is 0. The van der Waals surface area contributed by atoms with E-state index in [2.05, 4.69) is 48.5 Å². The van der Waals surface area contributed by atoms with E-state index >= 15 is 0 Å². The van der Waals surface area contributed by atoms with Gasteiger partial charge >= 0.3 is 5.97 Å². The summed E-state index contributed by atoms with van der Waals surface area (Å²) >= 11 is 0. The van der Waals surface area contributed by atoms with Crippen LogP contribution in [0, 0.1) is 0 Å². The Kier molecular flexibility index (Phi) is 3.90. The van der Waals surface area contributed by atoms with Crippen LogP contribution in [-0.4, -0.2) is 20.2 Å². The molecule has 0 radical (unpaired) electrons. The van der Waals surface area contributed by atoms with Gasteiger partial charge in [0.2, 0.25) is 0 Å². The summed E-state index contributed by atoms with van der Waals surface area (Å²) in [4.78, 5) is 13.2. The predicted molar refractivity (Wildman–Crippen MR) is 103 cm³/mol. The van der Waals surface area contributed by atoms with E-state index in [4.69, 9.17) is 9.47 Å². The third kappa shape index (κ3) is 2.46. The Bertz CT molecular complexity index is 1040. The van der Waals surface area contributed by atoms with Crippen LogP contribution in [0.3, 0.4) is 0 Å². The molecule has 3 nitrogen and oxygen atoms in total. The van der Waals surface area contributed by atoms with Crippen molar-refractivity contribution >= 4 is 36.6 Å². The van der Waals surface area contributed by atoms with Gasteiger partial charge in [-0.05, 0) is 30.3 Å². The van der Waals surface area contributed by atoms with E-state index in [9.17, 15) is 4.79 Å². The summed E-state index contributed by atoms with van der Waals surface area (Å²) in [6, 6.07) is 22.7. The maximum Gasteiger partial charge on any atom is 0.341 e. The number of ether oxygens (including phenoxy) is 2. The van der Waals surface area contributed by atoms with Crippen molar-refractivity contribution in [3.63, 3.8) is 0 Å². The number of benzene rings is 3. The lowest BCUT2D eigenvalue weighted by atomic mass is 10.2. The Hall–Kier alpha value is -2.85. The number of carbonyl (C=O) groups is 1. The van der Waals surface area contributed by atoms with E-state index in [1.165, 1.54) is 27.3 Å². The Morgan fingerprint density at radius 1 is 0.840 bits per heavy atom. The van der Waals surface area contributed by atoms with Gasteiger partial charge in [0.1, 0.15) is 11.3 Å². The van der Waals surface area contributed by atoms with Crippen LogP contribution in [0.4, 0.5) is 0 Å². The molecule has 0 spiro atoms. The number of fused-ring (bicyclic) bond motifs is 3. The molecule has 0 bridgehead atoms. The highest BCUT2D eigenvalue weighted by atomic mass is 32.2. The van der Waals surface area contributed by atoms with Crippen LogP contribution in [0.2, 0.25) is 0 Å². The summed E-state index contributed by atoms with van der Waals surface area (Å²) in [5, 5.41) is 2.52. The van der Waals surface area contributed by atoms with Crippen LogP contribution in [0.25, 0.3) is 25.1 Å². The van der Waals surface area contributed by atoms with Crippen LogP contribution in [0.1, 0.15) is 10.4 Å². The Balaban J connectivity index is 2.06. The Morgan fingerprint density at radius 3 is 2.00 bits per heavy atom. The van der Waals surface area contributed by atoms with Gasteiger partial charge in [0.25, 0.3) is 0 Å². The predicted octanol–water partition coefficient (Wildman–Crippen LogP) is 5.53. The minimum atomic E-state index is -0.386. The lowest BCUT2D eigenvalue weighted by molar-refractivity contribution is 0.0597. The second kappa shape index (κ2) is 6.22. The van der Waals surface area contributed by atoms with E-state index in [1.807, 2.05) is 18.2 Å². The normalized spacial score (nSPS) is 11.0. The number of carbonyl (C=O) groups excluding carboxylic acids is 1. The highest BCUT2D eigenvalue weighted by molar-refractivity contribution is 7.50. The molecule has 0 saturated carbocycles. The first-order valence-corrected chi connectivity index (χ1v) is 9.16. The summed E-state index contributed by atoms with van der Waals surface area (Å²) in [5.74, 6) is 0.142. The Labute approximate surface area is 148 Å². The first-order valence-electron chi connectivity index (χ1n) is 7.93. The fourth-order valence-corrected chi connectivity index (χ4v) is 5.60. The van der Waals surface area contributed by atoms with Gasteiger partial charge in [-0.1, -0.05) is 24.3 Å². The average molecular weight is 349 g/mol. The standard InChI is InChI=1S/C21H17O3S/c1-23-18-12-11-14(13-17(18)21(22)24-2)25-19-9-5-3-7-15(19)16-8-4-6-10-20(16)25/h3-13H,1-2H3/q+1. The fourth-order valence-electron chi connectivity index (χ4n) is 3.19. The van der Waals surface area contributed by atoms with Crippen LogP contribution >= 0.6 is 10.5 Å². The zero-order chi connectivity index (χ0) is 17.4. The highest BCUT2D eigenvalue weighted by Gasteiger charge is 2.25. The molecule has 4 aromatic rings. The SMILES string of the molecule is COC(=O)c1cc(-[s+]2c3ccccc3c3ccccc32)ccc1OC. The molecule has 0 aliphatic carbocycles.